The summed E-state index contributed by atoms with van der Waals surface area (Å²) >= 11 is 0. The molecule has 0 heteroatoms. The summed E-state index contributed by atoms with van der Waals surface area (Å²) in [5.74, 6) is 2.99. The fraction of sp³-hybridized carbons (Fsp3) is 1.00. The lowest BCUT2D eigenvalue weighted by Gasteiger charge is -2.53. The Kier molecular flexibility index (Phi) is 2.68. The van der Waals surface area contributed by atoms with Gasteiger partial charge in [0, 0.05) is 0 Å². The second-order valence-electron chi connectivity index (χ2n) is 7.68. The summed E-state index contributed by atoms with van der Waals surface area (Å²) in [6, 6.07) is 0. The van der Waals surface area contributed by atoms with E-state index in [-0.39, 0.29) is 0 Å². The Labute approximate surface area is 95.8 Å². The molecule has 3 unspecified atom stereocenters. The molecule has 0 aromatic rings. The summed E-state index contributed by atoms with van der Waals surface area (Å²) < 4.78 is 0. The zero-order valence-electron chi connectivity index (χ0n) is 11.3. The molecule has 0 amide bonds. The van der Waals surface area contributed by atoms with Crippen LogP contribution >= 0.6 is 0 Å². The highest BCUT2D eigenvalue weighted by atomic mass is 14.5. The van der Waals surface area contributed by atoms with Crippen LogP contribution in [-0.4, -0.2) is 0 Å². The fourth-order valence-corrected chi connectivity index (χ4v) is 4.21. The second-order valence-corrected chi connectivity index (χ2v) is 7.68. The molecule has 0 aliphatic heterocycles. The van der Waals surface area contributed by atoms with E-state index in [1.807, 2.05) is 0 Å². The molecule has 0 saturated heterocycles. The van der Waals surface area contributed by atoms with E-state index in [1.165, 1.54) is 32.1 Å². The SMILES string of the molecule is CC1CCC(C)(C)C2CCC(C)(C)CC12. The first-order valence-corrected chi connectivity index (χ1v) is 6.82. The quantitative estimate of drug-likeness (QED) is 0.532. The third kappa shape index (κ3) is 2.10. The zero-order valence-corrected chi connectivity index (χ0v) is 11.3. The molecule has 2 aliphatic rings. The van der Waals surface area contributed by atoms with Crippen molar-refractivity contribution in [3.05, 3.63) is 0 Å². The van der Waals surface area contributed by atoms with Crippen molar-refractivity contribution < 1.29 is 0 Å². The van der Waals surface area contributed by atoms with E-state index in [0.29, 0.717) is 10.8 Å². The molecule has 0 bridgehead atoms. The Hall–Kier alpha value is 0. The summed E-state index contributed by atoms with van der Waals surface area (Å²) in [7, 11) is 0. The third-order valence-corrected chi connectivity index (χ3v) is 5.42. The minimum atomic E-state index is 0.614. The van der Waals surface area contributed by atoms with Gasteiger partial charge in [-0.05, 0) is 60.7 Å². The molecule has 15 heavy (non-hydrogen) atoms. The monoisotopic (exact) mass is 208 g/mol. The summed E-state index contributed by atoms with van der Waals surface area (Å²) in [5, 5.41) is 0. The molecule has 2 rings (SSSR count). The van der Waals surface area contributed by atoms with Gasteiger partial charge >= 0.3 is 0 Å². The summed E-state index contributed by atoms with van der Waals surface area (Å²) in [5.41, 5.74) is 1.23. The molecule has 3 atom stereocenters. The van der Waals surface area contributed by atoms with Crippen LogP contribution in [0.4, 0.5) is 0 Å². The largest absolute Gasteiger partial charge is 0.0622 e. The summed E-state index contributed by atoms with van der Waals surface area (Å²) in [6.45, 7) is 12.5. The van der Waals surface area contributed by atoms with Crippen molar-refractivity contribution in [3.63, 3.8) is 0 Å². The van der Waals surface area contributed by atoms with Gasteiger partial charge in [-0.15, -0.1) is 0 Å². The van der Waals surface area contributed by atoms with E-state index in [4.69, 9.17) is 0 Å². The first-order chi connectivity index (χ1) is 6.82. The molecule has 0 radical (unpaired) electrons. The second kappa shape index (κ2) is 3.50. The molecule has 0 heterocycles. The van der Waals surface area contributed by atoms with Crippen LogP contribution in [0.15, 0.2) is 0 Å². The number of fused-ring (bicyclic) bond motifs is 1. The van der Waals surface area contributed by atoms with Crippen LogP contribution < -0.4 is 0 Å². The molecule has 2 fully saturated rings. The number of hydrogen-bond acceptors (Lipinski definition) is 0. The molecule has 0 spiro atoms. The summed E-state index contributed by atoms with van der Waals surface area (Å²) in [4.78, 5) is 0. The van der Waals surface area contributed by atoms with Gasteiger partial charge in [0.05, 0.1) is 0 Å². The van der Waals surface area contributed by atoms with Crippen LogP contribution in [0.25, 0.3) is 0 Å². The zero-order chi connectivity index (χ0) is 11.3. The highest BCUT2D eigenvalue weighted by Crippen LogP contribution is 2.56. The van der Waals surface area contributed by atoms with Crippen LogP contribution in [-0.2, 0) is 0 Å². The van der Waals surface area contributed by atoms with Gasteiger partial charge in [-0.2, -0.15) is 0 Å². The van der Waals surface area contributed by atoms with Gasteiger partial charge in [0.1, 0.15) is 0 Å². The van der Waals surface area contributed by atoms with Gasteiger partial charge < -0.3 is 0 Å². The molecule has 88 valence electrons. The van der Waals surface area contributed by atoms with E-state index in [9.17, 15) is 0 Å². The molecule has 2 aliphatic carbocycles. The van der Waals surface area contributed by atoms with Crippen molar-refractivity contribution in [1.82, 2.24) is 0 Å². The lowest BCUT2D eigenvalue weighted by Crippen LogP contribution is -2.44. The molecular formula is C15H28. The van der Waals surface area contributed by atoms with Gasteiger partial charge in [-0.1, -0.05) is 34.6 Å². The van der Waals surface area contributed by atoms with Crippen molar-refractivity contribution in [2.75, 3.05) is 0 Å². The van der Waals surface area contributed by atoms with E-state index in [1.54, 1.807) is 0 Å². The van der Waals surface area contributed by atoms with Crippen molar-refractivity contribution in [2.24, 2.45) is 28.6 Å². The summed E-state index contributed by atoms with van der Waals surface area (Å²) in [6.07, 6.45) is 7.32. The fourth-order valence-electron chi connectivity index (χ4n) is 4.21. The van der Waals surface area contributed by atoms with Crippen molar-refractivity contribution in [1.29, 1.82) is 0 Å². The number of rotatable bonds is 0. The van der Waals surface area contributed by atoms with Gasteiger partial charge in [0.2, 0.25) is 0 Å². The Morgan fingerprint density at radius 2 is 1.60 bits per heavy atom. The lowest BCUT2D eigenvalue weighted by atomic mass is 9.52. The number of hydrogen-bond donors (Lipinski definition) is 0. The van der Waals surface area contributed by atoms with Crippen LogP contribution in [0.2, 0.25) is 0 Å². The molecule has 0 aromatic heterocycles. The van der Waals surface area contributed by atoms with Gasteiger partial charge in [0.25, 0.3) is 0 Å². The first kappa shape index (κ1) is 11.5. The van der Waals surface area contributed by atoms with Crippen molar-refractivity contribution in [3.8, 4) is 0 Å². The van der Waals surface area contributed by atoms with Crippen molar-refractivity contribution >= 4 is 0 Å². The average molecular weight is 208 g/mol. The first-order valence-electron chi connectivity index (χ1n) is 6.82. The van der Waals surface area contributed by atoms with E-state index < -0.39 is 0 Å². The Bertz CT molecular complexity index is 236. The van der Waals surface area contributed by atoms with E-state index >= 15 is 0 Å². The smallest absolute Gasteiger partial charge is 0.0323 e. The lowest BCUT2D eigenvalue weighted by molar-refractivity contribution is -0.0332. The molecule has 0 N–H and O–H groups in total. The Morgan fingerprint density at radius 1 is 0.933 bits per heavy atom. The van der Waals surface area contributed by atoms with E-state index in [0.717, 1.165) is 17.8 Å². The van der Waals surface area contributed by atoms with Crippen LogP contribution in [0.5, 0.6) is 0 Å². The normalized spacial score (nSPS) is 43.4. The van der Waals surface area contributed by atoms with Gasteiger partial charge in [-0.3, -0.25) is 0 Å². The van der Waals surface area contributed by atoms with Gasteiger partial charge in [-0.25, -0.2) is 0 Å². The minimum absolute atomic E-state index is 0.614. The topological polar surface area (TPSA) is 0 Å². The average Bonchev–Trinajstić information content (AvgIpc) is 2.10. The Balaban J connectivity index is 2.18. The molecule has 0 aromatic carbocycles. The van der Waals surface area contributed by atoms with Crippen LogP contribution in [0, 0.1) is 28.6 Å². The predicted molar refractivity (Wildman–Crippen MR) is 66.8 cm³/mol. The van der Waals surface area contributed by atoms with Crippen LogP contribution in [0.3, 0.4) is 0 Å². The maximum absolute atomic E-state index is 2.51. The predicted octanol–water partition coefficient (Wildman–Crippen LogP) is 4.89. The molecular weight excluding hydrogens is 180 g/mol. The minimum Gasteiger partial charge on any atom is -0.0622 e. The highest BCUT2D eigenvalue weighted by Gasteiger charge is 2.46. The highest BCUT2D eigenvalue weighted by molar-refractivity contribution is 4.96. The van der Waals surface area contributed by atoms with E-state index in [2.05, 4.69) is 34.6 Å². The molecule has 0 nitrogen and oxygen atoms in total. The maximum atomic E-state index is 2.51. The molecule has 2 saturated carbocycles. The Morgan fingerprint density at radius 3 is 2.27 bits per heavy atom. The van der Waals surface area contributed by atoms with Gasteiger partial charge in [0.15, 0.2) is 0 Å². The maximum Gasteiger partial charge on any atom is -0.0323 e. The standard InChI is InChI=1S/C15H28/c1-11-6-9-15(4,5)13-7-8-14(2,3)10-12(11)13/h11-13H,6-10H2,1-5H3. The third-order valence-electron chi connectivity index (χ3n) is 5.42. The van der Waals surface area contributed by atoms with Crippen molar-refractivity contribution in [2.45, 2.75) is 66.7 Å². The van der Waals surface area contributed by atoms with Crippen LogP contribution in [0.1, 0.15) is 66.7 Å².